The third-order valence-corrected chi connectivity index (χ3v) is 4.18. The first kappa shape index (κ1) is 15.0. The molecule has 102 valence electrons. The molecule has 0 atom stereocenters. The van der Waals surface area contributed by atoms with Crippen molar-refractivity contribution in [1.82, 2.24) is 4.90 Å². The van der Waals surface area contributed by atoms with Crippen LogP contribution in [0.2, 0.25) is 0 Å². The van der Waals surface area contributed by atoms with Crippen molar-refractivity contribution in [3.63, 3.8) is 0 Å². The second-order valence-electron chi connectivity index (χ2n) is 5.25. The van der Waals surface area contributed by atoms with Crippen LogP contribution in [0, 0.1) is 5.41 Å². The molecule has 0 radical (unpaired) electrons. The molecule has 18 heavy (non-hydrogen) atoms. The molecule has 0 unspecified atom stereocenters. The van der Waals surface area contributed by atoms with Crippen LogP contribution >= 0.6 is 11.3 Å². The van der Waals surface area contributed by atoms with Gasteiger partial charge in [0.25, 0.3) is 0 Å². The molecule has 3 N–H and O–H groups in total. The van der Waals surface area contributed by atoms with Gasteiger partial charge in [0.15, 0.2) is 0 Å². The Kier molecular flexibility index (Phi) is 5.62. The molecule has 1 aromatic rings. The zero-order valence-corrected chi connectivity index (χ0v) is 12.2. The Morgan fingerprint density at radius 3 is 2.78 bits per heavy atom. The lowest BCUT2D eigenvalue weighted by atomic mass is 9.88. The maximum absolute atomic E-state index is 8.71. The molecule has 0 aliphatic heterocycles. The van der Waals surface area contributed by atoms with E-state index in [-0.39, 0.29) is 5.41 Å². The Hall–Kier alpha value is -1.07. The Morgan fingerprint density at radius 2 is 2.22 bits per heavy atom. The fourth-order valence-electron chi connectivity index (χ4n) is 1.60. The third-order valence-electron chi connectivity index (χ3n) is 3.24. The predicted molar refractivity (Wildman–Crippen MR) is 77.3 cm³/mol. The van der Waals surface area contributed by atoms with Gasteiger partial charge >= 0.3 is 0 Å². The van der Waals surface area contributed by atoms with Gasteiger partial charge < -0.3 is 15.8 Å². The first-order valence-electron chi connectivity index (χ1n) is 6.14. The summed E-state index contributed by atoms with van der Waals surface area (Å²) in [6.45, 7) is 5.96. The van der Waals surface area contributed by atoms with Crippen molar-refractivity contribution in [3.8, 4) is 0 Å². The van der Waals surface area contributed by atoms with E-state index in [4.69, 9.17) is 10.9 Å². The van der Waals surface area contributed by atoms with Crippen LogP contribution in [0.15, 0.2) is 22.7 Å². The quantitative estimate of drug-likeness (QED) is 0.346. The van der Waals surface area contributed by atoms with Crippen LogP contribution in [0.5, 0.6) is 0 Å². The summed E-state index contributed by atoms with van der Waals surface area (Å²) in [5.41, 5.74) is 5.41. The van der Waals surface area contributed by atoms with Crippen molar-refractivity contribution in [2.24, 2.45) is 16.3 Å². The maximum atomic E-state index is 8.71. The van der Waals surface area contributed by atoms with E-state index in [1.54, 1.807) is 11.3 Å². The van der Waals surface area contributed by atoms with Gasteiger partial charge in [0.1, 0.15) is 5.84 Å². The highest BCUT2D eigenvalue weighted by Crippen LogP contribution is 2.20. The largest absolute Gasteiger partial charge is 0.409 e. The molecule has 0 aliphatic carbocycles. The Bertz CT molecular complexity index is 374. The van der Waals surface area contributed by atoms with Crippen molar-refractivity contribution < 1.29 is 5.21 Å². The van der Waals surface area contributed by atoms with Gasteiger partial charge in [-0.25, -0.2) is 0 Å². The molecule has 0 fully saturated rings. The van der Waals surface area contributed by atoms with Gasteiger partial charge in [-0.1, -0.05) is 25.1 Å². The van der Waals surface area contributed by atoms with Crippen LogP contribution in [-0.2, 0) is 6.42 Å². The van der Waals surface area contributed by atoms with Crippen molar-refractivity contribution >= 4 is 17.2 Å². The average molecular weight is 269 g/mol. The first-order valence-corrected chi connectivity index (χ1v) is 7.02. The van der Waals surface area contributed by atoms with Crippen LogP contribution in [-0.4, -0.2) is 36.1 Å². The van der Waals surface area contributed by atoms with Crippen LogP contribution < -0.4 is 5.73 Å². The van der Waals surface area contributed by atoms with Gasteiger partial charge in [-0.05, 0) is 37.9 Å². The molecule has 0 saturated carbocycles. The van der Waals surface area contributed by atoms with Crippen LogP contribution in [0.25, 0.3) is 0 Å². The summed E-state index contributed by atoms with van der Waals surface area (Å²) in [5, 5.41) is 13.9. The topological polar surface area (TPSA) is 61.8 Å². The molecule has 0 bridgehead atoms. The summed E-state index contributed by atoms with van der Waals surface area (Å²) in [4.78, 5) is 3.70. The number of likely N-dealkylation sites (N-methyl/N-ethyl adjacent to an activating group) is 1. The van der Waals surface area contributed by atoms with Crippen LogP contribution in [0.3, 0.4) is 0 Å². The van der Waals surface area contributed by atoms with Gasteiger partial charge in [0.05, 0.1) is 0 Å². The molecule has 1 aromatic heterocycles. The number of nitrogens with zero attached hydrogens (tertiary/aromatic N) is 2. The number of rotatable bonds is 7. The van der Waals surface area contributed by atoms with E-state index in [9.17, 15) is 0 Å². The summed E-state index contributed by atoms with van der Waals surface area (Å²) in [6.07, 6.45) is 1.96. The minimum absolute atomic E-state index is 0.258. The zero-order valence-electron chi connectivity index (χ0n) is 11.4. The number of hydrogen-bond acceptors (Lipinski definition) is 4. The Labute approximate surface area is 113 Å². The van der Waals surface area contributed by atoms with E-state index in [1.165, 1.54) is 4.88 Å². The number of nitrogens with two attached hydrogens (primary N) is 1. The molecule has 0 amide bonds. The van der Waals surface area contributed by atoms with Gasteiger partial charge in [-0.3, -0.25) is 0 Å². The summed E-state index contributed by atoms with van der Waals surface area (Å²) in [5.74, 6) is 0.300. The van der Waals surface area contributed by atoms with Crippen molar-refractivity contribution in [2.45, 2.75) is 26.7 Å². The lowest BCUT2D eigenvalue weighted by Gasteiger charge is -2.26. The molecule has 0 spiro atoms. The van der Waals surface area contributed by atoms with E-state index in [0.29, 0.717) is 5.84 Å². The SMILES string of the molecule is CN(CCc1cccs1)CCC(C)(C)C(N)=NO. The normalized spacial score (nSPS) is 13.2. The molecular weight excluding hydrogens is 246 g/mol. The fraction of sp³-hybridized carbons (Fsp3) is 0.615. The maximum Gasteiger partial charge on any atom is 0.144 e. The zero-order chi connectivity index (χ0) is 13.6. The molecule has 0 saturated heterocycles. The molecule has 5 heteroatoms. The molecule has 4 nitrogen and oxygen atoms in total. The van der Waals surface area contributed by atoms with E-state index >= 15 is 0 Å². The second-order valence-corrected chi connectivity index (χ2v) is 6.28. The van der Waals surface area contributed by atoms with E-state index in [1.807, 2.05) is 13.8 Å². The molecule has 0 aliphatic rings. The van der Waals surface area contributed by atoms with Crippen molar-refractivity contribution in [3.05, 3.63) is 22.4 Å². The monoisotopic (exact) mass is 269 g/mol. The summed E-state index contributed by atoms with van der Waals surface area (Å²) < 4.78 is 0. The summed E-state index contributed by atoms with van der Waals surface area (Å²) in [6, 6.07) is 4.25. The fourth-order valence-corrected chi connectivity index (χ4v) is 2.30. The average Bonchev–Trinajstić information content (AvgIpc) is 2.86. The number of amidine groups is 1. The highest BCUT2D eigenvalue weighted by molar-refractivity contribution is 7.09. The van der Waals surface area contributed by atoms with Crippen molar-refractivity contribution in [1.29, 1.82) is 0 Å². The smallest absolute Gasteiger partial charge is 0.144 e. The van der Waals surface area contributed by atoms with Gasteiger partial charge in [0, 0.05) is 16.8 Å². The highest BCUT2D eigenvalue weighted by atomic mass is 32.1. The van der Waals surface area contributed by atoms with Gasteiger partial charge in [-0.15, -0.1) is 11.3 Å². The number of thiophene rings is 1. The minimum Gasteiger partial charge on any atom is -0.409 e. The molecule has 0 aromatic carbocycles. The molecule has 1 heterocycles. The van der Waals surface area contributed by atoms with Crippen LogP contribution in [0.1, 0.15) is 25.1 Å². The van der Waals surface area contributed by atoms with Crippen molar-refractivity contribution in [2.75, 3.05) is 20.1 Å². The predicted octanol–water partition coefficient (Wildman–Crippen LogP) is 2.39. The Balaban J connectivity index is 2.30. The highest BCUT2D eigenvalue weighted by Gasteiger charge is 2.23. The minimum atomic E-state index is -0.258. The summed E-state index contributed by atoms with van der Waals surface area (Å²) >= 11 is 1.80. The van der Waals surface area contributed by atoms with E-state index in [2.05, 4.69) is 34.6 Å². The third kappa shape index (κ3) is 4.66. The van der Waals surface area contributed by atoms with Crippen LogP contribution in [0.4, 0.5) is 0 Å². The molecule has 1 rings (SSSR count). The molecular formula is C13H23N3OS. The van der Waals surface area contributed by atoms with E-state index in [0.717, 1.165) is 25.9 Å². The number of oxime groups is 1. The lowest BCUT2D eigenvalue weighted by Crippen LogP contribution is -2.35. The number of hydrogen-bond donors (Lipinski definition) is 2. The lowest BCUT2D eigenvalue weighted by molar-refractivity contribution is 0.278. The first-order chi connectivity index (χ1) is 8.45. The Morgan fingerprint density at radius 1 is 1.50 bits per heavy atom. The van der Waals surface area contributed by atoms with Gasteiger partial charge in [-0.2, -0.15) is 0 Å². The standard InChI is InChI=1S/C13H23N3OS/c1-13(2,12(14)15-17)7-9-16(3)8-6-11-5-4-10-18-11/h4-5,10,17H,6-9H2,1-3H3,(H2,14,15). The second kappa shape index (κ2) is 6.75. The van der Waals surface area contributed by atoms with E-state index < -0.39 is 0 Å². The summed E-state index contributed by atoms with van der Waals surface area (Å²) in [7, 11) is 2.11. The van der Waals surface area contributed by atoms with Gasteiger partial charge in [0.2, 0.25) is 0 Å².